The largest absolute Gasteiger partial charge is 0.473 e. The predicted molar refractivity (Wildman–Crippen MR) is 89.2 cm³/mol. The summed E-state index contributed by atoms with van der Waals surface area (Å²) in [5, 5.41) is 0. The molecule has 0 amide bonds. The Hall–Kier alpha value is -2.92. The van der Waals surface area contributed by atoms with Crippen molar-refractivity contribution in [3.63, 3.8) is 0 Å². The first kappa shape index (κ1) is 15.6. The van der Waals surface area contributed by atoms with Gasteiger partial charge in [0, 0.05) is 25.2 Å². The Labute approximate surface area is 143 Å². The topological polar surface area (TPSA) is 77.7 Å². The van der Waals surface area contributed by atoms with Gasteiger partial charge in [0.2, 0.25) is 11.6 Å². The van der Waals surface area contributed by atoms with Gasteiger partial charge < -0.3 is 15.4 Å². The molecular formula is C17H16FN5O2. The van der Waals surface area contributed by atoms with Crippen LogP contribution >= 0.6 is 0 Å². The Morgan fingerprint density at radius 3 is 3.04 bits per heavy atom. The molecule has 1 aromatic heterocycles. The van der Waals surface area contributed by atoms with Crippen LogP contribution < -0.4 is 21.1 Å². The summed E-state index contributed by atoms with van der Waals surface area (Å²) >= 11 is 0. The van der Waals surface area contributed by atoms with Gasteiger partial charge in [-0.1, -0.05) is 6.07 Å². The van der Waals surface area contributed by atoms with E-state index in [9.17, 15) is 9.18 Å². The molecule has 0 radical (unpaired) electrons. The van der Waals surface area contributed by atoms with E-state index in [-0.39, 0.29) is 35.9 Å². The smallest absolute Gasteiger partial charge is 0.352 e. The van der Waals surface area contributed by atoms with Crippen molar-refractivity contribution in [3.8, 4) is 5.88 Å². The van der Waals surface area contributed by atoms with Crippen molar-refractivity contribution in [1.29, 1.82) is 0 Å². The quantitative estimate of drug-likeness (QED) is 0.855. The number of ether oxygens (including phenoxy) is 1. The van der Waals surface area contributed by atoms with Crippen LogP contribution in [0.1, 0.15) is 12.0 Å². The summed E-state index contributed by atoms with van der Waals surface area (Å²) in [5.41, 5.74) is 6.23. The fourth-order valence-electron chi connectivity index (χ4n) is 3.47. The maximum Gasteiger partial charge on any atom is 0.352 e. The van der Waals surface area contributed by atoms with E-state index in [1.54, 1.807) is 16.7 Å². The van der Waals surface area contributed by atoms with Gasteiger partial charge >= 0.3 is 5.69 Å². The van der Waals surface area contributed by atoms with Gasteiger partial charge in [0.15, 0.2) is 0 Å². The number of nitrogens with two attached hydrogens (primary N) is 1. The van der Waals surface area contributed by atoms with E-state index in [2.05, 4.69) is 14.7 Å². The van der Waals surface area contributed by atoms with E-state index >= 15 is 0 Å². The van der Waals surface area contributed by atoms with Gasteiger partial charge in [0.1, 0.15) is 18.2 Å². The maximum atomic E-state index is 13.4. The molecule has 2 aliphatic rings. The van der Waals surface area contributed by atoms with Crippen LogP contribution in [-0.2, 0) is 13.2 Å². The molecule has 0 spiro atoms. The standard InChI is InChI=1S/C17H16FN5O2/c1-20-14-4-10(2-3-13(14)18)9-25-15-6-16-22-7-11(19)5-12(22)8-23(16)17(24)21-15/h2-4,6,11-12H,5,7-9,19H2/t11-,12+/m0/s1. The number of fused-ring (bicyclic) bond motifs is 3. The third-order valence-corrected chi connectivity index (χ3v) is 4.62. The average molecular weight is 341 g/mol. The molecule has 3 heterocycles. The summed E-state index contributed by atoms with van der Waals surface area (Å²) in [6, 6.07) is 6.28. The molecule has 2 aromatic rings. The first-order valence-corrected chi connectivity index (χ1v) is 7.98. The van der Waals surface area contributed by atoms with Gasteiger partial charge in [0.05, 0.1) is 12.6 Å². The lowest BCUT2D eigenvalue weighted by Gasteiger charge is -2.17. The minimum Gasteiger partial charge on any atom is -0.473 e. The lowest BCUT2D eigenvalue weighted by Crippen LogP contribution is -2.28. The molecule has 8 heteroatoms. The minimum atomic E-state index is -0.566. The van der Waals surface area contributed by atoms with Crippen molar-refractivity contribution in [2.75, 3.05) is 11.4 Å². The van der Waals surface area contributed by atoms with Crippen LogP contribution in [-0.4, -0.2) is 28.2 Å². The molecule has 2 aliphatic heterocycles. The number of halogens is 1. The fraction of sp³-hybridized carbons (Fsp3) is 0.353. The highest BCUT2D eigenvalue weighted by Crippen LogP contribution is 2.32. The zero-order valence-electron chi connectivity index (χ0n) is 13.4. The van der Waals surface area contributed by atoms with Crippen LogP contribution in [0.2, 0.25) is 0 Å². The van der Waals surface area contributed by atoms with E-state index in [1.807, 2.05) is 0 Å². The van der Waals surface area contributed by atoms with Crippen molar-refractivity contribution in [2.24, 2.45) is 5.73 Å². The Bertz CT molecular complexity index is 936. The molecule has 2 N–H and O–H groups in total. The number of benzene rings is 1. The third-order valence-electron chi connectivity index (χ3n) is 4.62. The van der Waals surface area contributed by atoms with Gasteiger partial charge in [-0.15, -0.1) is 0 Å². The van der Waals surface area contributed by atoms with Crippen molar-refractivity contribution < 1.29 is 9.13 Å². The summed E-state index contributed by atoms with van der Waals surface area (Å²) < 4.78 is 20.6. The van der Waals surface area contributed by atoms with Crippen molar-refractivity contribution in [1.82, 2.24) is 9.55 Å². The number of hydrogen-bond donors (Lipinski definition) is 1. The van der Waals surface area contributed by atoms with Crippen LogP contribution in [0.15, 0.2) is 29.1 Å². The van der Waals surface area contributed by atoms with Crippen LogP contribution in [0.25, 0.3) is 4.85 Å². The highest BCUT2D eigenvalue weighted by Gasteiger charge is 2.38. The first-order chi connectivity index (χ1) is 12.0. The number of rotatable bonds is 3. The SMILES string of the molecule is [C-]#[N+]c1cc(COc2cc3n(c(=O)n2)C[C@H]2C[C@H](N)CN32)ccc1F. The number of anilines is 1. The molecule has 25 heavy (non-hydrogen) atoms. The molecule has 0 bridgehead atoms. The van der Waals surface area contributed by atoms with E-state index < -0.39 is 5.82 Å². The molecular weight excluding hydrogens is 325 g/mol. The summed E-state index contributed by atoms with van der Waals surface area (Å²) in [4.78, 5) is 21.4. The molecule has 0 aliphatic carbocycles. The van der Waals surface area contributed by atoms with E-state index in [4.69, 9.17) is 17.0 Å². The maximum absolute atomic E-state index is 13.4. The van der Waals surface area contributed by atoms with Gasteiger partial charge in [0.25, 0.3) is 0 Å². The highest BCUT2D eigenvalue weighted by molar-refractivity contribution is 5.49. The number of nitrogens with zero attached hydrogens (tertiary/aromatic N) is 4. The average Bonchev–Trinajstić information content (AvgIpc) is 3.11. The number of hydrogen-bond acceptors (Lipinski definition) is 5. The van der Waals surface area contributed by atoms with E-state index in [1.165, 1.54) is 12.1 Å². The Morgan fingerprint density at radius 2 is 2.24 bits per heavy atom. The summed E-state index contributed by atoms with van der Waals surface area (Å²) in [6.45, 7) is 8.35. The second-order valence-electron chi connectivity index (χ2n) is 6.33. The van der Waals surface area contributed by atoms with Crippen molar-refractivity contribution in [2.45, 2.75) is 31.7 Å². The Balaban J connectivity index is 1.56. The summed E-state index contributed by atoms with van der Waals surface area (Å²) in [5.74, 6) is 0.420. The molecule has 1 aromatic carbocycles. The molecule has 128 valence electrons. The molecule has 4 rings (SSSR count). The molecule has 0 unspecified atom stereocenters. The molecule has 1 saturated heterocycles. The second kappa shape index (κ2) is 5.86. The Kier molecular flexibility index (Phi) is 3.66. The molecule has 2 atom stereocenters. The lowest BCUT2D eigenvalue weighted by atomic mass is 10.2. The van der Waals surface area contributed by atoms with E-state index in [0.29, 0.717) is 18.7 Å². The highest BCUT2D eigenvalue weighted by atomic mass is 19.1. The van der Waals surface area contributed by atoms with Crippen LogP contribution in [0.5, 0.6) is 5.88 Å². The molecule has 0 saturated carbocycles. The number of aromatic nitrogens is 2. The van der Waals surface area contributed by atoms with Gasteiger partial charge in [-0.3, -0.25) is 4.57 Å². The first-order valence-electron chi connectivity index (χ1n) is 7.98. The summed E-state index contributed by atoms with van der Waals surface area (Å²) in [7, 11) is 0. The van der Waals surface area contributed by atoms with Gasteiger partial charge in [-0.05, 0) is 24.1 Å². The second-order valence-corrected chi connectivity index (χ2v) is 6.33. The molecule has 1 fully saturated rings. The van der Waals surface area contributed by atoms with E-state index in [0.717, 1.165) is 12.2 Å². The zero-order valence-corrected chi connectivity index (χ0v) is 13.4. The normalized spacial score (nSPS) is 20.9. The third kappa shape index (κ3) is 2.72. The predicted octanol–water partition coefficient (Wildman–Crippen LogP) is 1.43. The minimum absolute atomic E-state index is 0.0584. The zero-order chi connectivity index (χ0) is 17.6. The van der Waals surface area contributed by atoms with Crippen molar-refractivity contribution in [3.05, 3.63) is 57.5 Å². The van der Waals surface area contributed by atoms with Crippen LogP contribution in [0, 0.1) is 12.4 Å². The van der Waals surface area contributed by atoms with Gasteiger partial charge in [-0.25, -0.2) is 14.0 Å². The molecule has 7 nitrogen and oxygen atoms in total. The monoisotopic (exact) mass is 341 g/mol. The van der Waals surface area contributed by atoms with Gasteiger partial charge in [-0.2, -0.15) is 4.98 Å². The lowest BCUT2D eigenvalue weighted by molar-refractivity contribution is 0.291. The van der Waals surface area contributed by atoms with Crippen LogP contribution in [0.4, 0.5) is 15.9 Å². The van der Waals surface area contributed by atoms with Crippen molar-refractivity contribution >= 4 is 11.5 Å². The summed E-state index contributed by atoms with van der Waals surface area (Å²) in [6.07, 6.45) is 0.853. The Morgan fingerprint density at radius 1 is 1.40 bits per heavy atom. The fourth-order valence-corrected chi connectivity index (χ4v) is 3.47. The van der Waals surface area contributed by atoms with Crippen LogP contribution in [0.3, 0.4) is 0 Å².